The normalized spacial score (nSPS) is 9.79. The average molecular weight is 220 g/mol. The first-order chi connectivity index (χ1) is 6.13. The molecule has 0 unspecified atom stereocenters. The Kier molecular flexibility index (Phi) is 5.50. The van der Waals surface area contributed by atoms with Crippen LogP contribution in [0.3, 0.4) is 0 Å². The van der Waals surface area contributed by atoms with Gasteiger partial charge in [0, 0.05) is 6.54 Å². The van der Waals surface area contributed by atoms with Crippen molar-refractivity contribution in [2.75, 3.05) is 21.2 Å². The van der Waals surface area contributed by atoms with Gasteiger partial charge in [-0.15, -0.1) is 12.4 Å². The van der Waals surface area contributed by atoms with Gasteiger partial charge in [0.05, 0.1) is 7.11 Å². The molecule has 0 aromatic heterocycles. The van der Waals surface area contributed by atoms with E-state index in [1.54, 1.807) is 6.07 Å². The van der Waals surface area contributed by atoms with Crippen LogP contribution in [0.1, 0.15) is 5.56 Å². The lowest BCUT2D eigenvalue weighted by molar-refractivity contribution is 0.381. The quantitative estimate of drug-likeness (QED) is 0.774. The molecule has 0 saturated heterocycles. The van der Waals surface area contributed by atoms with Gasteiger partial charge in [0.15, 0.2) is 11.6 Å². The molecule has 0 saturated carbocycles. The Morgan fingerprint density at radius 2 is 2.00 bits per heavy atom. The number of methoxy groups -OCH3 is 1. The van der Waals surface area contributed by atoms with Gasteiger partial charge in [-0.3, -0.25) is 0 Å². The van der Waals surface area contributed by atoms with Crippen molar-refractivity contribution in [3.63, 3.8) is 0 Å². The first-order valence-corrected chi connectivity index (χ1v) is 4.10. The summed E-state index contributed by atoms with van der Waals surface area (Å²) in [5, 5.41) is 0. The van der Waals surface area contributed by atoms with E-state index in [0.717, 1.165) is 12.1 Å². The second kappa shape index (κ2) is 5.83. The van der Waals surface area contributed by atoms with E-state index < -0.39 is 0 Å². The molecule has 0 fully saturated rings. The molecule has 80 valence electrons. The Labute approximate surface area is 90.1 Å². The maximum Gasteiger partial charge on any atom is 0.165 e. The van der Waals surface area contributed by atoms with Gasteiger partial charge in [-0.2, -0.15) is 0 Å². The number of rotatable bonds is 3. The summed E-state index contributed by atoms with van der Waals surface area (Å²) >= 11 is 0. The van der Waals surface area contributed by atoms with Crippen LogP contribution in [0.4, 0.5) is 4.39 Å². The van der Waals surface area contributed by atoms with Gasteiger partial charge in [0.25, 0.3) is 0 Å². The second-order valence-corrected chi connectivity index (χ2v) is 3.21. The topological polar surface area (TPSA) is 12.5 Å². The summed E-state index contributed by atoms with van der Waals surface area (Å²) in [5.74, 6) is -0.00986. The lowest BCUT2D eigenvalue weighted by atomic mass is 10.2. The predicted octanol–water partition coefficient (Wildman–Crippen LogP) is 2.32. The molecule has 14 heavy (non-hydrogen) atoms. The Morgan fingerprint density at radius 1 is 1.36 bits per heavy atom. The van der Waals surface area contributed by atoms with E-state index in [2.05, 4.69) is 0 Å². The summed E-state index contributed by atoms with van der Waals surface area (Å²) < 4.78 is 18.0. The Bertz CT molecular complexity index is 291. The molecule has 1 aromatic rings. The first kappa shape index (κ1) is 13.2. The standard InChI is InChI=1S/C10H14FNO.ClH/c1-12(2)7-8-4-5-10(13-3)9(11)6-8;/h4-6H,7H2,1-3H3;1H. The van der Waals surface area contributed by atoms with Gasteiger partial charge in [-0.25, -0.2) is 4.39 Å². The smallest absolute Gasteiger partial charge is 0.165 e. The van der Waals surface area contributed by atoms with E-state index in [9.17, 15) is 4.39 Å². The number of ether oxygens (including phenoxy) is 1. The fourth-order valence-electron chi connectivity index (χ4n) is 1.17. The van der Waals surface area contributed by atoms with Crippen LogP contribution in [0.5, 0.6) is 5.75 Å². The highest BCUT2D eigenvalue weighted by Crippen LogP contribution is 2.17. The molecule has 1 aromatic carbocycles. The molecular formula is C10H15ClFNO. The third kappa shape index (κ3) is 3.52. The molecule has 0 aliphatic carbocycles. The number of benzene rings is 1. The van der Waals surface area contributed by atoms with Crippen LogP contribution in [0.25, 0.3) is 0 Å². The summed E-state index contributed by atoms with van der Waals surface area (Å²) in [4.78, 5) is 1.99. The highest BCUT2D eigenvalue weighted by Gasteiger charge is 2.03. The van der Waals surface area contributed by atoms with E-state index in [0.29, 0.717) is 5.75 Å². The number of hydrogen-bond acceptors (Lipinski definition) is 2. The lowest BCUT2D eigenvalue weighted by Gasteiger charge is -2.10. The summed E-state index contributed by atoms with van der Waals surface area (Å²) in [7, 11) is 5.36. The van der Waals surface area contributed by atoms with Crippen LogP contribution in [0, 0.1) is 5.82 Å². The second-order valence-electron chi connectivity index (χ2n) is 3.21. The van der Waals surface area contributed by atoms with Crippen LogP contribution in [-0.4, -0.2) is 26.1 Å². The van der Waals surface area contributed by atoms with Gasteiger partial charge in [-0.1, -0.05) is 6.07 Å². The fourth-order valence-corrected chi connectivity index (χ4v) is 1.17. The Hall–Kier alpha value is -0.800. The van der Waals surface area contributed by atoms with Crippen molar-refractivity contribution >= 4 is 12.4 Å². The van der Waals surface area contributed by atoms with Crippen LogP contribution in [-0.2, 0) is 6.54 Å². The maximum atomic E-state index is 13.2. The van der Waals surface area contributed by atoms with E-state index >= 15 is 0 Å². The van der Waals surface area contributed by atoms with Crippen molar-refractivity contribution in [1.29, 1.82) is 0 Å². The van der Waals surface area contributed by atoms with Crippen molar-refractivity contribution in [3.05, 3.63) is 29.6 Å². The van der Waals surface area contributed by atoms with Gasteiger partial charge in [0.2, 0.25) is 0 Å². The maximum absolute atomic E-state index is 13.2. The zero-order chi connectivity index (χ0) is 9.84. The zero-order valence-electron chi connectivity index (χ0n) is 8.58. The van der Waals surface area contributed by atoms with Crippen molar-refractivity contribution in [2.24, 2.45) is 0 Å². The summed E-state index contributed by atoms with van der Waals surface area (Å²) in [6, 6.07) is 5.01. The third-order valence-electron chi connectivity index (χ3n) is 1.72. The molecule has 0 amide bonds. The molecule has 0 N–H and O–H groups in total. The largest absolute Gasteiger partial charge is 0.494 e. The molecule has 4 heteroatoms. The predicted molar refractivity (Wildman–Crippen MR) is 57.6 cm³/mol. The van der Waals surface area contributed by atoms with E-state index in [4.69, 9.17) is 4.74 Å². The van der Waals surface area contributed by atoms with Crippen molar-refractivity contribution < 1.29 is 9.13 Å². The van der Waals surface area contributed by atoms with Crippen LogP contribution in [0.15, 0.2) is 18.2 Å². The molecular weight excluding hydrogens is 205 g/mol. The highest BCUT2D eigenvalue weighted by molar-refractivity contribution is 5.85. The van der Waals surface area contributed by atoms with Gasteiger partial charge in [-0.05, 0) is 31.8 Å². The lowest BCUT2D eigenvalue weighted by Crippen LogP contribution is -2.10. The molecule has 2 nitrogen and oxygen atoms in total. The number of hydrogen-bond donors (Lipinski definition) is 0. The van der Waals surface area contributed by atoms with E-state index in [1.807, 2.05) is 25.1 Å². The molecule has 0 aliphatic heterocycles. The number of nitrogens with zero attached hydrogens (tertiary/aromatic N) is 1. The summed E-state index contributed by atoms with van der Waals surface area (Å²) in [5.41, 5.74) is 0.948. The van der Waals surface area contributed by atoms with Crippen LogP contribution < -0.4 is 4.74 Å². The molecule has 0 heterocycles. The number of halogens is 2. The summed E-state index contributed by atoms with van der Waals surface area (Å²) in [6.07, 6.45) is 0. The van der Waals surface area contributed by atoms with E-state index in [1.165, 1.54) is 13.2 Å². The average Bonchev–Trinajstić information content (AvgIpc) is 2.03. The monoisotopic (exact) mass is 219 g/mol. The van der Waals surface area contributed by atoms with Gasteiger partial charge >= 0.3 is 0 Å². The Morgan fingerprint density at radius 3 is 2.43 bits per heavy atom. The SMILES string of the molecule is COc1ccc(CN(C)C)cc1F.Cl. The zero-order valence-corrected chi connectivity index (χ0v) is 9.40. The van der Waals surface area contributed by atoms with Crippen LogP contribution >= 0.6 is 12.4 Å². The third-order valence-corrected chi connectivity index (χ3v) is 1.72. The minimum atomic E-state index is -0.304. The van der Waals surface area contributed by atoms with Crippen molar-refractivity contribution in [2.45, 2.75) is 6.54 Å². The molecule has 0 aliphatic rings. The van der Waals surface area contributed by atoms with Gasteiger partial charge in [0.1, 0.15) is 0 Å². The Balaban J connectivity index is 0.00000169. The summed E-state index contributed by atoms with van der Waals surface area (Å²) in [6.45, 7) is 0.737. The minimum Gasteiger partial charge on any atom is -0.494 e. The fraction of sp³-hybridized carbons (Fsp3) is 0.400. The molecule has 0 bridgehead atoms. The minimum absolute atomic E-state index is 0. The van der Waals surface area contributed by atoms with Crippen LogP contribution in [0.2, 0.25) is 0 Å². The molecule has 0 atom stereocenters. The van der Waals surface area contributed by atoms with E-state index in [-0.39, 0.29) is 18.2 Å². The highest BCUT2D eigenvalue weighted by atomic mass is 35.5. The first-order valence-electron chi connectivity index (χ1n) is 4.10. The van der Waals surface area contributed by atoms with Gasteiger partial charge < -0.3 is 9.64 Å². The van der Waals surface area contributed by atoms with Crippen molar-refractivity contribution in [3.8, 4) is 5.75 Å². The molecule has 0 radical (unpaired) electrons. The molecule has 1 rings (SSSR count). The van der Waals surface area contributed by atoms with Crippen molar-refractivity contribution in [1.82, 2.24) is 4.90 Å². The molecule has 0 spiro atoms.